The van der Waals surface area contributed by atoms with Crippen LogP contribution in [0, 0.1) is 0 Å². The number of nitrogens with one attached hydrogen (secondary N) is 1. The van der Waals surface area contributed by atoms with Crippen molar-refractivity contribution in [3.63, 3.8) is 0 Å². The van der Waals surface area contributed by atoms with E-state index in [9.17, 15) is 0 Å². The highest BCUT2D eigenvalue weighted by Gasteiger charge is 2.14. The third-order valence-corrected chi connectivity index (χ3v) is 1.77. The first kappa shape index (κ1) is 13.3. The number of rotatable bonds is 6. The molecule has 0 radical (unpaired) electrons. The molecule has 0 heterocycles. The molecule has 3 heteroatoms. The van der Waals surface area contributed by atoms with Crippen molar-refractivity contribution >= 4 is 0 Å². The summed E-state index contributed by atoms with van der Waals surface area (Å²) in [6.07, 6.45) is 1.10. The fraction of sp³-hybridized carbons (Fsp3) is 0.818. The SMILES string of the molecule is C=C(OC(C)(C)C)N(C)CCCNC. The van der Waals surface area contributed by atoms with Crippen molar-refractivity contribution in [2.45, 2.75) is 32.8 Å². The standard InChI is InChI=1S/C11H24N2O/c1-10(14-11(2,3)4)13(6)9-7-8-12-5/h12H,1,7-9H2,2-6H3. The van der Waals surface area contributed by atoms with Crippen molar-refractivity contribution in [2.75, 3.05) is 27.2 Å². The molecule has 0 aliphatic rings. The molecule has 0 amide bonds. The Hall–Kier alpha value is -0.700. The highest BCUT2D eigenvalue weighted by Crippen LogP contribution is 2.14. The molecule has 0 aromatic rings. The first-order valence-electron chi connectivity index (χ1n) is 5.10. The lowest BCUT2D eigenvalue weighted by atomic mass is 10.2. The van der Waals surface area contributed by atoms with Gasteiger partial charge in [0.1, 0.15) is 5.60 Å². The summed E-state index contributed by atoms with van der Waals surface area (Å²) in [5.41, 5.74) is -0.158. The van der Waals surface area contributed by atoms with Crippen LogP contribution in [0.5, 0.6) is 0 Å². The van der Waals surface area contributed by atoms with Gasteiger partial charge in [-0.3, -0.25) is 0 Å². The number of hydrogen-bond acceptors (Lipinski definition) is 3. The van der Waals surface area contributed by atoms with Gasteiger partial charge < -0.3 is 15.0 Å². The Morgan fingerprint density at radius 3 is 2.43 bits per heavy atom. The van der Waals surface area contributed by atoms with E-state index >= 15 is 0 Å². The molecule has 0 rings (SSSR count). The van der Waals surface area contributed by atoms with E-state index in [1.54, 1.807) is 0 Å². The second-order valence-corrected chi connectivity index (χ2v) is 4.49. The minimum absolute atomic E-state index is 0.158. The van der Waals surface area contributed by atoms with Crippen LogP contribution in [-0.4, -0.2) is 37.7 Å². The molecule has 0 aromatic carbocycles. The summed E-state index contributed by atoms with van der Waals surface area (Å²) in [6.45, 7) is 12.0. The fourth-order valence-electron chi connectivity index (χ4n) is 1.05. The summed E-state index contributed by atoms with van der Waals surface area (Å²) < 4.78 is 5.64. The summed E-state index contributed by atoms with van der Waals surface area (Å²) in [7, 11) is 3.96. The minimum Gasteiger partial charge on any atom is -0.474 e. The Labute approximate surface area is 88.1 Å². The lowest BCUT2D eigenvalue weighted by Gasteiger charge is -2.28. The molecule has 14 heavy (non-hydrogen) atoms. The predicted molar refractivity (Wildman–Crippen MR) is 61.2 cm³/mol. The van der Waals surface area contributed by atoms with Gasteiger partial charge in [0, 0.05) is 13.6 Å². The van der Waals surface area contributed by atoms with E-state index in [1.807, 2.05) is 39.8 Å². The largest absolute Gasteiger partial charge is 0.474 e. The first-order chi connectivity index (χ1) is 6.37. The first-order valence-corrected chi connectivity index (χ1v) is 5.10. The average molecular weight is 200 g/mol. The zero-order valence-corrected chi connectivity index (χ0v) is 10.2. The number of nitrogens with zero attached hydrogens (tertiary/aromatic N) is 1. The Kier molecular flexibility index (Phi) is 5.62. The van der Waals surface area contributed by atoms with Crippen LogP contribution >= 0.6 is 0 Å². The number of ether oxygens (including phenoxy) is 1. The highest BCUT2D eigenvalue weighted by molar-refractivity contribution is 4.84. The monoisotopic (exact) mass is 200 g/mol. The van der Waals surface area contributed by atoms with Gasteiger partial charge in [0.05, 0.1) is 0 Å². The predicted octanol–water partition coefficient (Wildman–Crippen LogP) is 1.81. The molecule has 84 valence electrons. The molecule has 0 unspecified atom stereocenters. The van der Waals surface area contributed by atoms with E-state index in [2.05, 4.69) is 11.9 Å². The van der Waals surface area contributed by atoms with Gasteiger partial charge in [0.25, 0.3) is 0 Å². The van der Waals surface area contributed by atoms with Crippen LogP contribution in [0.15, 0.2) is 12.5 Å². The van der Waals surface area contributed by atoms with Crippen molar-refractivity contribution in [1.82, 2.24) is 10.2 Å². The van der Waals surface area contributed by atoms with E-state index in [4.69, 9.17) is 4.74 Å². The van der Waals surface area contributed by atoms with Gasteiger partial charge in [0.15, 0.2) is 5.88 Å². The summed E-state index contributed by atoms with van der Waals surface area (Å²) >= 11 is 0. The molecule has 0 bridgehead atoms. The molecule has 0 aromatic heterocycles. The third-order valence-electron chi connectivity index (χ3n) is 1.77. The summed E-state index contributed by atoms with van der Waals surface area (Å²) in [6, 6.07) is 0. The quantitative estimate of drug-likeness (QED) is 0.523. The van der Waals surface area contributed by atoms with E-state index < -0.39 is 0 Å². The van der Waals surface area contributed by atoms with Crippen molar-refractivity contribution in [1.29, 1.82) is 0 Å². The summed E-state index contributed by atoms with van der Waals surface area (Å²) in [5, 5.41) is 3.11. The van der Waals surface area contributed by atoms with Gasteiger partial charge in [-0.2, -0.15) is 0 Å². The Balaban J connectivity index is 3.77. The normalized spacial score (nSPS) is 11.2. The van der Waals surface area contributed by atoms with Crippen molar-refractivity contribution in [3.8, 4) is 0 Å². The van der Waals surface area contributed by atoms with Gasteiger partial charge in [-0.1, -0.05) is 0 Å². The van der Waals surface area contributed by atoms with Crippen LogP contribution in [0.3, 0.4) is 0 Å². The maximum absolute atomic E-state index is 5.64. The molecule has 0 saturated carbocycles. The second kappa shape index (κ2) is 5.91. The van der Waals surface area contributed by atoms with Crippen LogP contribution in [-0.2, 0) is 4.74 Å². The summed E-state index contributed by atoms with van der Waals surface area (Å²) in [4.78, 5) is 2.04. The van der Waals surface area contributed by atoms with E-state index in [0.29, 0.717) is 0 Å². The van der Waals surface area contributed by atoms with Crippen LogP contribution < -0.4 is 5.32 Å². The van der Waals surface area contributed by atoms with Gasteiger partial charge in [-0.05, 0) is 47.4 Å². The molecule has 3 nitrogen and oxygen atoms in total. The van der Waals surface area contributed by atoms with Crippen LogP contribution in [0.2, 0.25) is 0 Å². The van der Waals surface area contributed by atoms with Crippen molar-refractivity contribution < 1.29 is 4.74 Å². The molecule has 0 fully saturated rings. The topological polar surface area (TPSA) is 24.5 Å². The average Bonchev–Trinajstić information content (AvgIpc) is 2.01. The molecular weight excluding hydrogens is 176 g/mol. The number of hydrogen-bond donors (Lipinski definition) is 1. The van der Waals surface area contributed by atoms with Crippen molar-refractivity contribution in [3.05, 3.63) is 12.5 Å². The second-order valence-electron chi connectivity index (χ2n) is 4.49. The fourth-order valence-corrected chi connectivity index (χ4v) is 1.05. The summed E-state index contributed by atoms with van der Waals surface area (Å²) in [5.74, 6) is 0.744. The highest BCUT2D eigenvalue weighted by atomic mass is 16.5. The third kappa shape index (κ3) is 6.78. The molecule has 0 saturated heterocycles. The Morgan fingerprint density at radius 2 is 2.00 bits per heavy atom. The van der Waals surface area contributed by atoms with E-state index in [0.717, 1.165) is 25.4 Å². The molecule has 0 atom stereocenters. The lowest BCUT2D eigenvalue weighted by molar-refractivity contribution is 0.00937. The van der Waals surface area contributed by atoms with Gasteiger partial charge in [0.2, 0.25) is 0 Å². The van der Waals surface area contributed by atoms with E-state index in [1.165, 1.54) is 0 Å². The molecule has 0 aliphatic heterocycles. The van der Waals surface area contributed by atoms with Gasteiger partial charge >= 0.3 is 0 Å². The zero-order valence-electron chi connectivity index (χ0n) is 10.2. The Bertz CT molecular complexity index is 173. The maximum Gasteiger partial charge on any atom is 0.182 e. The minimum atomic E-state index is -0.158. The van der Waals surface area contributed by atoms with Gasteiger partial charge in [-0.25, -0.2) is 0 Å². The Morgan fingerprint density at radius 1 is 1.43 bits per heavy atom. The molecule has 0 spiro atoms. The molecular formula is C11H24N2O. The zero-order chi connectivity index (χ0) is 11.2. The van der Waals surface area contributed by atoms with Crippen LogP contribution in [0.1, 0.15) is 27.2 Å². The smallest absolute Gasteiger partial charge is 0.182 e. The van der Waals surface area contributed by atoms with Gasteiger partial charge in [-0.15, -0.1) is 0 Å². The van der Waals surface area contributed by atoms with Crippen molar-refractivity contribution in [2.24, 2.45) is 0 Å². The molecule has 0 aliphatic carbocycles. The maximum atomic E-state index is 5.64. The van der Waals surface area contributed by atoms with E-state index in [-0.39, 0.29) is 5.60 Å². The lowest BCUT2D eigenvalue weighted by Crippen LogP contribution is -2.28. The van der Waals surface area contributed by atoms with Crippen LogP contribution in [0.4, 0.5) is 0 Å². The molecule has 1 N–H and O–H groups in total. The van der Waals surface area contributed by atoms with Crippen LogP contribution in [0.25, 0.3) is 0 Å².